The zero-order valence-corrected chi connectivity index (χ0v) is 18.7. The van der Waals surface area contributed by atoms with Crippen molar-refractivity contribution in [3.63, 3.8) is 0 Å². The van der Waals surface area contributed by atoms with Crippen LogP contribution in [0.4, 0.5) is 5.69 Å². The molecule has 2 aromatic carbocycles. The number of hydrogen-bond acceptors (Lipinski definition) is 5. The Hall–Kier alpha value is -2.80. The van der Waals surface area contributed by atoms with Gasteiger partial charge in [-0.1, -0.05) is 49.9 Å². The number of aromatic nitrogens is 3. The van der Waals surface area contributed by atoms with Crippen molar-refractivity contribution in [2.45, 2.75) is 44.8 Å². The molecule has 1 aromatic heterocycles. The third-order valence-electron chi connectivity index (χ3n) is 5.07. The normalized spacial score (nSPS) is 11.9. The van der Waals surface area contributed by atoms with E-state index in [9.17, 15) is 4.79 Å². The first-order valence-electron chi connectivity index (χ1n) is 10.2. The van der Waals surface area contributed by atoms with Crippen molar-refractivity contribution in [1.29, 1.82) is 0 Å². The second-order valence-electron chi connectivity index (χ2n) is 7.05. The predicted octanol–water partition coefficient (Wildman–Crippen LogP) is 5.22. The van der Waals surface area contributed by atoms with E-state index in [1.165, 1.54) is 17.3 Å². The Balaban J connectivity index is 1.64. The van der Waals surface area contributed by atoms with Gasteiger partial charge in [0.25, 0.3) is 0 Å². The molecule has 0 aliphatic rings. The lowest BCUT2D eigenvalue weighted by atomic mass is 9.99. The lowest BCUT2D eigenvalue weighted by Gasteiger charge is -2.11. The van der Waals surface area contributed by atoms with Crippen LogP contribution in [-0.2, 0) is 11.3 Å². The molecule has 0 radical (unpaired) electrons. The molecule has 3 aromatic rings. The zero-order chi connectivity index (χ0) is 21.5. The monoisotopic (exact) mass is 424 g/mol. The van der Waals surface area contributed by atoms with Crippen LogP contribution in [0.2, 0.25) is 0 Å². The second kappa shape index (κ2) is 10.3. The van der Waals surface area contributed by atoms with Gasteiger partial charge >= 0.3 is 0 Å². The molecule has 7 heteroatoms. The van der Waals surface area contributed by atoms with Crippen LogP contribution in [0.15, 0.2) is 53.7 Å². The summed E-state index contributed by atoms with van der Waals surface area (Å²) < 4.78 is 7.31. The second-order valence-corrected chi connectivity index (χ2v) is 7.99. The van der Waals surface area contributed by atoms with E-state index in [1.54, 1.807) is 7.11 Å². The zero-order valence-electron chi connectivity index (χ0n) is 17.9. The summed E-state index contributed by atoms with van der Waals surface area (Å²) in [4.78, 5) is 12.4. The minimum atomic E-state index is -0.0649. The molecule has 1 atom stereocenters. The van der Waals surface area contributed by atoms with Crippen molar-refractivity contribution in [3.05, 3.63) is 54.1 Å². The molecular formula is C23H28N4O2S. The smallest absolute Gasteiger partial charge is 0.234 e. The average Bonchev–Trinajstić information content (AvgIpc) is 3.20. The standard InChI is InChI=1S/C23H28N4O2S/c1-5-16(3)17-10-12-19(13-11-17)24-21(28)15-30-23-26-25-22(27(23)6-2)18-8-7-9-20(14-18)29-4/h7-14,16H,5-6,15H2,1-4H3,(H,24,28). The summed E-state index contributed by atoms with van der Waals surface area (Å²) in [5, 5.41) is 12.3. The predicted molar refractivity (Wildman–Crippen MR) is 122 cm³/mol. The summed E-state index contributed by atoms with van der Waals surface area (Å²) in [7, 11) is 1.64. The number of hydrogen-bond donors (Lipinski definition) is 1. The molecule has 3 rings (SSSR count). The number of ether oxygens (including phenoxy) is 1. The summed E-state index contributed by atoms with van der Waals surface area (Å²) >= 11 is 1.38. The summed E-state index contributed by atoms with van der Waals surface area (Å²) in [5.41, 5.74) is 3.02. The van der Waals surface area contributed by atoms with E-state index in [0.29, 0.717) is 12.5 Å². The Labute approximate surface area is 182 Å². The maximum atomic E-state index is 12.4. The molecule has 1 unspecified atom stereocenters. The fourth-order valence-electron chi connectivity index (χ4n) is 3.11. The van der Waals surface area contributed by atoms with Gasteiger partial charge in [0.2, 0.25) is 5.91 Å². The van der Waals surface area contributed by atoms with Gasteiger partial charge in [0, 0.05) is 17.8 Å². The van der Waals surface area contributed by atoms with Crippen LogP contribution >= 0.6 is 11.8 Å². The molecule has 0 aliphatic heterocycles. The highest BCUT2D eigenvalue weighted by molar-refractivity contribution is 7.99. The van der Waals surface area contributed by atoms with Crippen LogP contribution in [-0.4, -0.2) is 33.5 Å². The van der Waals surface area contributed by atoms with Gasteiger partial charge in [0.05, 0.1) is 12.9 Å². The van der Waals surface area contributed by atoms with E-state index in [1.807, 2.05) is 47.9 Å². The largest absolute Gasteiger partial charge is 0.497 e. The molecule has 30 heavy (non-hydrogen) atoms. The lowest BCUT2D eigenvalue weighted by molar-refractivity contribution is -0.113. The lowest BCUT2D eigenvalue weighted by Crippen LogP contribution is -2.14. The number of amides is 1. The molecule has 0 bridgehead atoms. The van der Waals surface area contributed by atoms with Crippen molar-refractivity contribution in [3.8, 4) is 17.1 Å². The Morgan fingerprint density at radius 3 is 2.60 bits per heavy atom. The third-order valence-corrected chi connectivity index (χ3v) is 6.04. The molecule has 0 fully saturated rings. The Bertz CT molecular complexity index is 985. The van der Waals surface area contributed by atoms with Gasteiger partial charge in [0.15, 0.2) is 11.0 Å². The first kappa shape index (κ1) is 21.9. The molecule has 0 saturated carbocycles. The van der Waals surface area contributed by atoms with Gasteiger partial charge in [-0.25, -0.2) is 0 Å². The van der Waals surface area contributed by atoms with Gasteiger partial charge in [-0.05, 0) is 49.1 Å². The summed E-state index contributed by atoms with van der Waals surface area (Å²) in [6.07, 6.45) is 1.10. The highest BCUT2D eigenvalue weighted by atomic mass is 32.2. The van der Waals surface area contributed by atoms with Crippen LogP contribution in [0, 0.1) is 0 Å². The number of anilines is 1. The molecule has 0 saturated heterocycles. The summed E-state index contributed by atoms with van der Waals surface area (Å²) in [5.74, 6) is 2.25. The first-order valence-corrected chi connectivity index (χ1v) is 11.1. The Morgan fingerprint density at radius 2 is 1.93 bits per heavy atom. The van der Waals surface area contributed by atoms with Crippen LogP contribution in [0.3, 0.4) is 0 Å². The number of nitrogens with zero attached hydrogens (tertiary/aromatic N) is 3. The fourth-order valence-corrected chi connectivity index (χ4v) is 3.92. The number of carbonyl (C=O) groups is 1. The molecule has 158 valence electrons. The maximum absolute atomic E-state index is 12.4. The van der Waals surface area contributed by atoms with Crippen LogP contribution in [0.5, 0.6) is 5.75 Å². The van der Waals surface area contributed by atoms with Crippen molar-refractivity contribution in [2.75, 3.05) is 18.2 Å². The quantitative estimate of drug-likeness (QED) is 0.477. The van der Waals surface area contributed by atoms with Gasteiger partial charge in [-0.3, -0.25) is 4.79 Å². The fraction of sp³-hybridized carbons (Fsp3) is 0.348. The first-order chi connectivity index (χ1) is 14.5. The highest BCUT2D eigenvalue weighted by Crippen LogP contribution is 2.27. The van der Waals surface area contributed by atoms with E-state index >= 15 is 0 Å². The van der Waals surface area contributed by atoms with E-state index in [4.69, 9.17) is 4.74 Å². The molecule has 1 heterocycles. The van der Waals surface area contributed by atoms with Gasteiger partial charge in [0.1, 0.15) is 5.75 Å². The Kier molecular flexibility index (Phi) is 7.52. The molecule has 0 aliphatic carbocycles. The van der Waals surface area contributed by atoms with Crippen molar-refractivity contribution < 1.29 is 9.53 Å². The number of methoxy groups -OCH3 is 1. The molecule has 6 nitrogen and oxygen atoms in total. The van der Waals surface area contributed by atoms with E-state index in [-0.39, 0.29) is 11.7 Å². The minimum absolute atomic E-state index is 0.0649. The van der Waals surface area contributed by atoms with Crippen LogP contribution in [0.25, 0.3) is 11.4 Å². The molecular weight excluding hydrogens is 396 g/mol. The van der Waals surface area contributed by atoms with Gasteiger partial charge in [-0.2, -0.15) is 0 Å². The van der Waals surface area contributed by atoms with E-state index in [0.717, 1.165) is 34.4 Å². The Morgan fingerprint density at radius 1 is 1.17 bits per heavy atom. The van der Waals surface area contributed by atoms with Gasteiger partial charge in [-0.15, -0.1) is 10.2 Å². The van der Waals surface area contributed by atoms with E-state index < -0.39 is 0 Å². The molecule has 0 spiro atoms. The highest BCUT2D eigenvalue weighted by Gasteiger charge is 2.15. The summed E-state index contributed by atoms with van der Waals surface area (Å²) in [6.45, 7) is 7.12. The topological polar surface area (TPSA) is 69.0 Å². The van der Waals surface area contributed by atoms with E-state index in [2.05, 4.69) is 41.5 Å². The maximum Gasteiger partial charge on any atom is 0.234 e. The van der Waals surface area contributed by atoms with Crippen LogP contribution in [0.1, 0.15) is 38.7 Å². The minimum Gasteiger partial charge on any atom is -0.497 e. The summed E-state index contributed by atoms with van der Waals surface area (Å²) in [6, 6.07) is 15.8. The van der Waals surface area contributed by atoms with Crippen molar-refractivity contribution in [1.82, 2.24) is 14.8 Å². The van der Waals surface area contributed by atoms with Gasteiger partial charge < -0.3 is 14.6 Å². The van der Waals surface area contributed by atoms with Crippen LogP contribution < -0.4 is 10.1 Å². The number of nitrogens with one attached hydrogen (secondary N) is 1. The average molecular weight is 425 g/mol. The number of benzene rings is 2. The van der Waals surface area contributed by atoms with Crippen molar-refractivity contribution in [2.24, 2.45) is 0 Å². The number of rotatable bonds is 9. The van der Waals surface area contributed by atoms with Crippen molar-refractivity contribution >= 4 is 23.4 Å². The third kappa shape index (κ3) is 5.21. The number of carbonyl (C=O) groups excluding carboxylic acids is 1. The SMILES string of the molecule is CCC(C)c1ccc(NC(=O)CSc2nnc(-c3cccc(OC)c3)n2CC)cc1. The molecule has 1 amide bonds. The number of thioether (sulfide) groups is 1. The molecule has 1 N–H and O–H groups in total.